The number of rotatable bonds is 2. The van der Waals surface area contributed by atoms with Crippen molar-refractivity contribution in [3.05, 3.63) is 0 Å². The molecule has 0 aromatic heterocycles. The van der Waals surface area contributed by atoms with Crippen molar-refractivity contribution in [2.24, 2.45) is 0 Å². The molecule has 1 saturated carbocycles. The molecule has 1 rings (SSSR count). The molecule has 0 bridgehead atoms. The van der Waals surface area contributed by atoms with Crippen LogP contribution in [0.5, 0.6) is 0 Å². The molecule has 1 fully saturated rings. The van der Waals surface area contributed by atoms with Gasteiger partial charge in [0.1, 0.15) is 5.60 Å². The van der Waals surface area contributed by atoms with Crippen LogP contribution in [0.4, 0.5) is 0 Å². The Morgan fingerprint density at radius 2 is 1.38 bits per heavy atom. The van der Waals surface area contributed by atoms with E-state index in [0.29, 0.717) is 0 Å². The van der Waals surface area contributed by atoms with Crippen LogP contribution in [0.3, 0.4) is 0 Å². The van der Waals surface area contributed by atoms with Crippen LogP contribution in [0.25, 0.3) is 0 Å². The van der Waals surface area contributed by atoms with Gasteiger partial charge in [0.15, 0.2) is 8.32 Å². The highest BCUT2D eigenvalue weighted by Gasteiger charge is 2.33. The monoisotopic (exact) mass is 238 g/mol. The molecule has 1 aliphatic rings. The molecule has 0 spiro atoms. The summed E-state index contributed by atoms with van der Waals surface area (Å²) in [5.74, 6) is 2.98. The Bertz CT molecular complexity index is 236. The third-order valence-electron chi connectivity index (χ3n) is 3.18. The molecule has 16 heavy (non-hydrogen) atoms. The minimum absolute atomic E-state index is 0.241. The first-order chi connectivity index (χ1) is 7.47. The van der Waals surface area contributed by atoms with E-state index < -0.39 is 8.32 Å². The van der Waals surface area contributed by atoms with Crippen LogP contribution in [-0.2, 0) is 4.43 Å². The summed E-state index contributed by atoms with van der Waals surface area (Å²) in [5.41, 5.74) is -0.241. The van der Waals surface area contributed by atoms with Crippen molar-refractivity contribution in [2.75, 3.05) is 0 Å². The van der Waals surface area contributed by atoms with Crippen molar-refractivity contribution in [2.45, 2.75) is 76.6 Å². The minimum atomic E-state index is -1.54. The summed E-state index contributed by atoms with van der Waals surface area (Å²) in [5, 5.41) is 0. The van der Waals surface area contributed by atoms with Crippen LogP contribution >= 0.6 is 0 Å². The predicted molar refractivity (Wildman–Crippen MR) is 72.9 cm³/mol. The minimum Gasteiger partial charge on any atom is -0.402 e. The third kappa shape index (κ3) is 4.72. The zero-order valence-electron chi connectivity index (χ0n) is 11.1. The Morgan fingerprint density at radius 1 is 0.938 bits per heavy atom. The summed E-state index contributed by atoms with van der Waals surface area (Å²) in [6, 6.07) is 0. The zero-order valence-corrected chi connectivity index (χ0v) is 12.1. The lowest BCUT2D eigenvalue weighted by Gasteiger charge is -2.35. The lowest BCUT2D eigenvalue weighted by Crippen LogP contribution is -2.41. The second-order valence-electron chi connectivity index (χ2n) is 5.97. The summed E-state index contributed by atoms with van der Waals surface area (Å²) in [7, 11) is -1.54. The van der Waals surface area contributed by atoms with Crippen molar-refractivity contribution >= 4 is 8.32 Å². The Kier molecular flexibility index (Phi) is 5.08. The van der Waals surface area contributed by atoms with Gasteiger partial charge in [-0.2, -0.15) is 0 Å². The van der Waals surface area contributed by atoms with E-state index in [9.17, 15) is 0 Å². The first kappa shape index (κ1) is 13.8. The van der Waals surface area contributed by atoms with Crippen molar-refractivity contribution in [3.8, 4) is 12.3 Å². The second kappa shape index (κ2) is 5.89. The maximum Gasteiger partial charge on any atom is 0.185 e. The van der Waals surface area contributed by atoms with Crippen LogP contribution in [0, 0.1) is 12.3 Å². The van der Waals surface area contributed by atoms with E-state index in [4.69, 9.17) is 10.8 Å². The normalized spacial score (nSPS) is 22.6. The summed E-state index contributed by atoms with van der Waals surface area (Å²) >= 11 is 0. The fourth-order valence-corrected chi connectivity index (χ4v) is 3.95. The molecule has 1 nitrogen and oxygen atoms in total. The smallest absolute Gasteiger partial charge is 0.185 e. The van der Waals surface area contributed by atoms with E-state index in [0.717, 1.165) is 12.8 Å². The van der Waals surface area contributed by atoms with Crippen molar-refractivity contribution in [1.82, 2.24) is 0 Å². The molecule has 0 radical (unpaired) electrons. The molecular weight excluding hydrogens is 212 g/mol. The maximum absolute atomic E-state index is 6.31. The standard InChI is InChI=1S/C14H26OSi/c1-5-14(15-16(2,3)4)12-10-8-6-7-9-11-13-14/h1H,6-13H2,2-4H3. The fraction of sp³-hybridized carbons (Fsp3) is 0.857. The summed E-state index contributed by atoms with van der Waals surface area (Å²) in [6.07, 6.45) is 15.7. The van der Waals surface area contributed by atoms with E-state index in [1.807, 2.05) is 0 Å². The van der Waals surface area contributed by atoms with Gasteiger partial charge in [0.05, 0.1) is 0 Å². The quantitative estimate of drug-likeness (QED) is 0.513. The summed E-state index contributed by atoms with van der Waals surface area (Å²) in [6.45, 7) is 6.70. The molecule has 0 amide bonds. The van der Waals surface area contributed by atoms with Gasteiger partial charge in [-0.15, -0.1) is 6.42 Å². The molecular formula is C14H26OSi. The Labute approximate surface area is 102 Å². The van der Waals surface area contributed by atoms with Gasteiger partial charge >= 0.3 is 0 Å². The highest BCUT2D eigenvalue weighted by Crippen LogP contribution is 2.31. The van der Waals surface area contributed by atoms with Crippen molar-refractivity contribution in [3.63, 3.8) is 0 Å². The largest absolute Gasteiger partial charge is 0.402 e. The molecule has 0 saturated heterocycles. The molecule has 0 heterocycles. The van der Waals surface area contributed by atoms with Crippen LogP contribution in [0.1, 0.15) is 51.4 Å². The van der Waals surface area contributed by atoms with Crippen LogP contribution < -0.4 is 0 Å². The maximum atomic E-state index is 6.31. The molecule has 0 N–H and O–H groups in total. The lowest BCUT2D eigenvalue weighted by atomic mass is 9.93. The first-order valence-electron chi connectivity index (χ1n) is 6.65. The van der Waals surface area contributed by atoms with Crippen molar-refractivity contribution in [1.29, 1.82) is 0 Å². The molecule has 1 aliphatic carbocycles. The third-order valence-corrected chi connectivity index (χ3v) is 4.18. The zero-order chi connectivity index (χ0) is 12.1. The van der Waals surface area contributed by atoms with Gasteiger partial charge in [-0.1, -0.05) is 31.6 Å². The Morgan fingerprint density at radius 3 is 1.75 bits per heavy atom. The molecule has 92 valence electrons. The van der Waals surface area contributed by atoms with Crippen LogP contribution in [0.15, 0.2) is 0 Å². The van der Waals surface area contributed by atoms with E-state index in [1.54, 1.807) is 0 Å². The molecule has 0 unspecified atom stereocenters. The predicted octanol–water partition coefficient (Wildman–Crippen LogP) is 4.34. The van der Waals surface area contributed by atoms with Crippen molar-refractivity contribution < 1.29 is 4.43 Å². The number of terminal acetylenes is 1. The van der Waals surface area contributed by atoms with E-state index in [-0.39, 0.29) is 5.60 Å². The second-order valence-corrected chi connectivity index (χ2v) is 10.4. The molecule has 0 atom stereocenters. The van der Waals surface area contributed by atoms with E-state index in [1.165, 1.54) is 38.5 Å². The topological polar surface area (TPSA) is 9.23 Å². The lowest BCUT2D eigenvalue weighted by molar-refractivity contribution is 0.0981. The van der Waals surface area contributed by atoms with Gasteiger partial charge in [0.25, 0.3) is 0 Å². The fourth-order valence-electron chi connectivity index (χ4n) is 2.52. The van der Waals surface area contributed by atoms with Gasteiger partial charge in [0.2, 0.25) is 0 Å². The Balaban J connectivity index is 2.69. The molecule has 2 heteroatoms. The van der Waals surface area contributed by atoms with E-state index >= 15 is 0 Å². The van der Waals surface area contributed by atoms with Gasteiger partial charge in [0, 0.05) is 0 Å². The summed E-state index contributed by atoms with van der Waals surface area (Å²) in [4.78, 5) is 0. The van der Waals surface area contributed by atoms with Gasteiger partial charge in [-0.05, 0) is 45.3 Å². The SMILES string of the molecule is C#CC1(O[Si](C)(C)C)CCCCCCCC1. The van der Waals surface area contributed by atoms with E-state index in [2.05, 4.69) is 25.6 Å². The van der Waals surface area contributed by atoms with Gasteiger partial charge < -0.3 is 4.43 Å². The van der Waals surface area contributed by atoms with Crippen LogP contribution in [0.2, 0.25) is 19.6 Å². The van der Waals surface area contributed by atoms with Gasteiger partial charge in [-0.3, -0.25) is 0 Å². The van der Waals surface area contributed by atoms with Crippen LogP contribution in [-0.4, -0.2) is 13.9 Å². The average Bonchev–Trinajstić information content (AvgIpc) is 2.28. The molecule has 0 aromatic rings. The average molecular weight is 238 g/mol. The molecule has 0 aromatic carbocycles. The highest BCUT2D eigenvalue weighted by molar-refractivity contribution is 6.69. The van der Waals surface area contributed by atoms with Gasteiger partial charge in [-0.25, -0.2) is 0 Å². The first-order valence-corrected chi connectivity index (χ1v) is 10.1. The summed E-state index contributed by atoms with van der Waals surface area (Å²) < 4.78 is 6.31. The highest BCUT2D eigenvalue weighted by atomic mass is 28.4. The number of hydrogen-bond donors (Lipinski definition) is 0. The Hall–Kier alpha value is -0.263. The molecule has 0 aliphatic heterocycles. The number of hydrogen-bond acceptors (Lipinski definition) is 1.